The molecule has 19 heavy (non-hydrogen) atoms. The van der Waals surface area contributed by atoms with Crippen molar-refractivity contribution in [1.29, 1.82) is 0 Å². The molecule has 1 aromatic rings. The summed E-state index contributed by atoms with van der Waals surface area (Å²) in [5.74, 6) is -1.79. The van der Waals surface area contributed by atoms with Crippen LogP contribution in [0.25, 0.3) is 0 Å². The molecule has 0 amide bonds. The molecule has 0 spiro atoms. The highest BCUT2D eigenvalue weighted by atomic mass is 16.6. The Morgan fingerprint density at radius 1 is 1.37 bits per heavy atom. The maximum absolute atomic E-state index is 11.8. The van der Waals surface area contributed by atoms with E-state index >= 15 is 0 Å². The minimum absolute atomic E-state index is 0.103. The fraction of sp³-hybridized carbons (Fsp3) is 0.385. The van der Waals surface area contributed by atoms with Gasteiger partial charge in [-0.15, -0.1) is 0 Å². The van der Waals surface area contributed by atoms with Gasteiger partial charge in [0.2, 0.25) is 0 Å². The first kappa shape index (κ1) is 13.5. The van der Waals surface area contributed by atoms with Gasteiger partial charge in [-0.25, -0.2) is 4.79 Å². The Bertz CT molecular complexity index is 448. The number of carbonyl (C=O) groups excluding carboxylic acids is 1. The molecule has 2 atom stereocenters. The van der Waals surface area contributed by atoms with Gasteiger partial charge in [-0.3, -0.25) is 10.1 Å². The number of aliphatic carboxylic acids is 1. The molecule has 2 N–H and O–H groups in total. The average molecular weight is 265 g/mol. The molecule has 0 aromatic heterocycles. The van der Waals surface area contributed by atoms with Gasteiger partial charge in [0.1, 0.15) is 12.6 Å². The third-order valence-corrected chi connectivity index (χ3v) is 2.79. The Morgan fingerprint density at radius 3 is 2.79 bits per heavy atom. The van der Waals surface area contributed by atoms with Crippen LogP contribution < -0.4 is 5.32 Å². The number of hydrogen-bond donors (Lipinski definition) is 2. The Morgan fingerprint density at radius 2 is 2.11 bits per heavy atom. The lowest BCUT2D eigenvalue weighted by molar-refractivity contribution is -0.169. The van der Waals surface area contributed by atoms with E-state index in [0.29, 0.717) is 6.54 Å². The van der Waals surface area contributed by atoms with Crippen LogP contribution in [0.4, 0.5) is 0 Å². The molecule has 6 heteroatoms. The number of rotatable bonds is 4. The predicted molar refractivity (Wildman–Crippen MR) is 65.4 cm³/mol. The molecule has 2 unspecified atom stereocenters. The number of ether oxygens (including phenoxy) is 2. The molecule has 1 saturated heterocycles. The predicted octanol–water partition coefficient (Wildman–Crippen LogP) is 0.171. The third-order valence-electron chi connectivity index (χ3n) is 2.79. The topological polar surface area (TPSA) is 84.9 Å². The van der Waals surface area contributed by atoms with E-state index in [1.165, 1.54) is 0 Å². The highest BCUT2D eigenvalue weighted by molar-refractivity contribution is 5.85. The first-order valence-electron chi connectivity index (χ1n) is 5.97. The first-order valence-corrected chi connectivity index (χ1v) is 5.97. The second-order valence-electron chi connectivity index (χ2n) is 4.15. The number of carboxylic acid groups (broad SMARTS) is 1. The molecule has 1 heterocycles. The van der Waals surface area contributed by atoms with Gasteiger partial charge in [0.05, 0.1) is 6.61 Å². The van der Waals surface area contributed by atoms with Crippen LogP contribution in [-0.2, 0) is 25.7 Å². The molecule has 0 bridgehead atoms. The van der Waals surface area contributed by atoms with Crippen molar-refractivity contribution in [3.63, 3.8) is 0 Å². The van der Waals surface area contributed by atoms with E-state index in [1.54, 1.807) is 0 Å². The van der Waals surface area contributed by atoms with Crippen molar-refractivity contribution in [3.05, 3.63) is 35.9 Å². The molecule has 1 aliphatic heterocycles. The first-order chi connectivity index (χ1) is 9.18. The maximum Gasteiger partial charge on any atom is 0.337 e. The summed E-state index contributed by atoms with van der Waals surface area (Å²) in [7, 11) is 0. The number of carbonyl (C=O) groups is 2. The SMILES string of the molecule is O=C(O)C1NCCOC1C(=O)OCc1ccccc1. The molecule has 2 rings (SSSR count). The monoisotopic (exact) mass is 265 g/mol. The Balaban J connectivity index is 1.93. The van der Waals surface area contributed by atoms with E-state index < -0.39 is 24.1 Å². The van der Waals surface area contributed by atoms with Gasteiger partial charge in [0, 0.05) is 6.54 Å². The lowest BCUT2D eigenvalue weighted by atomic mass is 10.1. The second kappa shape index (κ2) is 6.31. The van der Waals surface area contributed by atoms with Crippen LogP contribution in [0.3, 0.4) is 0 Å². The number of esters is 1. The number of morpholine rings is 1. The third kappa shape index (κ3) is 3.52. The van der Waals surface area contributed by atoms with E-state index in [2.05, 4.69) is 5.32 Å². The normalized spacial score (nSPS) is 22.7. The van der Waals surface area contributed by atoms with Crippen molar-refractivity contribution in [3.8, 4) is 0 Å². The number of carboxylic acids is 1. The van der Waals surface area contributed by atoms with E-state index in [1.807, 2.05) is 30.3 Å². The fourth-order valence-corrected chi connectivity index (χ4v) is 1.84. The van der Waals surface area contributed by atoms with E-state index in [9.17, 15) is 9.59 Å². The zero-order chi connectivity index (χ0) is 13.7. The standard InChI is InChI=1S/C13H15NO5/c15-12(16)10-11(18-7-6-14-10)13(17)19-8-9-4-2-1-3-5-9/h1-5,10-11,14H,6-8H2,(H,15,16). The summed E-state index contributed by atoms with van der Waals surface area (Å²) in [6.07, 6.45) is -1.10. The number of hydrogen-bond acceptors (Lipinski definition) is 5. The highest BCUT2D eigenvalue weighted by Gasteiger charge is 2.38. The molecule has 1 fully saturated rings. The molecule has 0 saturated carbocycles. The van der Waals surface area contributed by atoms with Crippen LogP contribution in [0.5, 0.6) is 0 Å². The Hall–Kier alpha value is -1.92. The largest absolute Gasteiger partial charge is 0.480 e. The minimum atomic E-state index is -1.12. The molecule has 1 aliphatic rings. The molecular weight excluding hydrogens is 250 g/mol. The molecule has 0 radical (unpaired) electrons. The van der Waals surface area contributed by atoms with Gasteiger partial charge >= 0.3 is 11.9 Å². The van der Waals surface area contributed by atoms with Crippen molar-refractivity contribution in [2.24, 2.45) is 0 Å². The highest BCUT2D eigenvalue weighted by Crippen LogP contribution is 2.09. The van der Waals surface area contributed by atoms with Crippen LogP contribution in [0.15, 0.2) is 30.3 Å². The van der Waals surface area contributed by atoms with Crippen LogP contribution in [-0.4, -0.2) is 42.3 Å². The lowest BCUT2D eigenvalue weighted by Gasteiger charge is -2.28. The quantitative estimate of drug-likeness (QED) is 0.755. The van der Waals surface area contributed by atoms with Gasteiger partial charge in [0.15, 0.2) is 6.10 Å². The summed E-state index contributed by atoms with van der Waals surface area (Å²) < 4.78 is 10.3. The summed E-state index contributed by atoms with van der Waals surface area (Å²) >= 11 is 0. The van der Waals surface area contributed by atoms with Crippen molar-refractivity contribution >= 4 is 11.9 Å². The molecule has 102 valence electrons. The van der Waals surface area contributed by atoms with Crippen LogP contribution >= 0.6 is 0 Å². The average Bonchev–Trinajstić information content (AvgIpc) is 2.46. The zero-order valence-electron chi connectivity index (χ0n) is 10.2. The van der Waals surface area contributed by atoms with Gasteiger partial charge in [0.25, 0.3) is 0 Å². The maximum atomic E-state index is 11.8. The van der Waals surface area contributed by atoms with Gasteiger partial charge in [-0.2, -0.15) is 0 Å². The van der Waals surface area contributed by atoms with Crippen LogP contribution in [0.2, 0.25) is 0 Å². The Labute approximate surface area is 110 Å². The van der Waals surface area contributed by atoms with E-state index in [4.69, 9.17) is 14.6 Å². The smallest absolute Gasteiger partial charge is 0.337 e. The molecule has 0 aliphatic carbocycles. The van der Waals surface area contributed by atoms with Crippen molar-refractivity contribution in [1.82, 2.24) is 5.32 Å². The number of benzene rings is 1. The van der Waals surface area contributed by atoms with Crippen LogP contribution in [0.1, 0.15) is 5.56 Å². The lowest BCUT2D eigenvalue weighted by Crippen LogP contribution is -2.56. The van der Waals surface area contributed by atoms with Gasteiger partial charge in [-0.05, 0) is 5.56 Å². The van der Waals surface area contributed by atoms with Crippen molar-refractivity contribution in [2.75, 3.05) is 13.2 Å². The second-order valence-corrected chi connectivity index (χ2v) is 4.15. The molecule has 6 nitrogen and oxygen atoms in total. The summed E-state index contributed by atoms with van der Waals surface area (Å²) in [4.78, 5) is 22.8. The van der Waals surface area contributed by atoms with Crippen molar-refractivity contribution < 1.29 is 24.2 Å². The summed E-state index contributed by atoms with van der Waals surface area (Å²) in [5.41, 5.74) is 0.839. The fourth-order valence-electron chi connectivity index (χ4n) is 1.84. The zero-order valence-corrected chi connectivity index (χ0v) is 10.2. The summed E-state index contributed by atoms with van der Waals surface area (Å²) in [6, 6.07) is 8.12. The molecule has 1 aromatic carbocycles. The van der Waals surface area contributed by atoms with Gasteiger partial charge in [-0.1, -0.05) is 30.3 Å². The van der Waals surface area contributed by atoms with Crippen molar-refractivity contribution in [2.45, 2.75) is 18.8 Å². The van der Waals surface area contributed by atoms with E-state index in [0.717, 1.165) is 5.56 Å². The Kier molecular flexibility index (Phi) is 4.48. The van der Waals surface area contributed by atoms with E-state index in [-0.39, 0.29) is 13.2 Å². The minimum Gasteiger partial charge on any atom is -0.480 e. The molecular formula is C13H15NO5. The summed E-state index contributed by atoms with van der Waals surface area (Å²) in [5, 5.41) is 11.7. The number of nitrogens with one attached hydrogen (secondary N) is 1. The van der Waals surface area contributed by atoms with Crippen LogP contribution in [0, 0.1) is 0 Å². The summed E-state index contributed by atoms with van der Waals surface area (Å²) in [6.45, 7) is 0.792. The van der Waals surface area contributed by atoms with Gasteiger partial charge < -0.3 is 14.6 Å².